The van der Waals surface area contributed by atoms with Gasteiger partial charge < -0.3 is 0 Å². The van der Waals surface area contributed by atoms with E-state index in [4.69, 9.17) is 0 Å². The number of nitrogens with zero attached hydrogens (tertiary/aromatic N) is 3. The van der Waals surface area contributed by atoms with E-state index in [1.54, 1.807) is 0 Å². The van der Waals surface area contributed by atoms with E-state index in [9.17, 15) is 0 Å². The molecule has 0 N–H and O–H groups in total. The predicted molar refractivity (Wildman–Crippen MR) is 73.3 cm³/mol. The molecular weight excluding hydrogens is 230 g/mol. The monoisotopic (exact) mass is 253 g/mol. The summed E-state index contributed by atoms with van der Waals surface area (Å²) < 4.78 is 2.08. The Balaban J connectivity index is 1.55. The molecule has 1 aromatic rings. The molecule has 3 nitrogen and oxygen atoms in total. The van der Waals surface area contributed by atoms with E-state index in [0.717, 1.165) is 18.2 Å². The molecule has 0 radical (unpaired) electrons. The van der Waals surface area contributed by atoms with Crippen LogP contribution in [0.3, 0.4) is 0 Å². The van der Waals surface area contributed by atoms with Gasteiger partial charge in [0, 0.05) is 17.5 Å². The van der Waals surface area contributed by atoms with Gasteiger partial charge in [-0.3, -0.25) is 0 Å². The van der Waals surface area contributed by atoms with Crippen molar-refractivity contribution < 1.29 is 0 Å². The van der Waals surface area contributed by atoms with E-state index in [0.29, 0.717) is 0 Å². The highest BCUT2D eigenvalue weighted by molar-refractivity contribution is 8.06. The van der Waals surface area contributed by atoms with Crippen LogP contribution in [0.5, 0.6) is 0 Å². The number of hydrogen-bond donors (Lipinski definition) is 0. The van der Waals surface area contributed by atoms with Gasteiger partial charge in [-0.15, -0.1) is 5.10 Å². The lowest BCUT2D eigenvalue weighted by Gasteiger charge is -2.05. The maximum Gasteiger partial charge on any atom is 0.0725 e. The van der Waals surface area contributed by atoms with Crippen molar-refractivity contribution in [2.75, 3.05) is 5.75 Å². The molecule has 2 heterocycles. The minimum atomic E-state index is 1.02. The van der Waals surface area contributed by atoms with Gasteiger partial charge in [0.15, 0.2) is 0 Å². The quantitative estimate of drug-likeness (QED) is 0.500. The molecule has 1 saturated heterocycles. The second-order valence-corrected chi connectivity index (χ2v) is 6.19. The first-order valence-corrected chi connectivity index (χ1v) is 7.94. The number of rotatable bonds is 9. The molecule has 0 amide bonds. The lowest BCUT2D eigenvalue weighted by Crippen LogP contribution is -2.05. The van der Waals surface area contributed by atoms with Gasteiger partial charge >= 0.3 is 0 Å². The summed E-state index contributed by atoms with van der Waals surface area (Å²) in [7, 11) is 0. The van der Waals surface area contributed by atoms with E-state index < -0.39 is 0 Å². The summed E-state index contributed by atoms with van der Waals surface area (Å²) in [5.74, 6) is 1.42. The topological polar surface area (TPSA) is 30.7 Å². The van der Waals surface area contributed by atoms with E-state index in [2.05, 4.69) is 33.7 Å². The predicted octanol–water partition coefficient (Wildman–Crippen LogP) is 3.30. The Bertz CT molecular complexity index is 320. The number of unbranched alkanes of at least 4 members (excludes halogenated alkanes) is 3. The Morgan fingerprint density at radius 1 is 1.35 bits per heavy atom. The zero-order valence-corrected chi connectivity index (χ0v) is 11.6. The standard InChI is InChI=1S/C13H23N3S/c1-2-7-12-10-14-15-16(12)9-6-4-3-5-8-13-11-17-13/h10,13H,2-9,11H2,1H3. The number of aryl methyl sites for hydroxylation is 2. The van der Waals surface area contributed by atoms with Crippen LogP contribution < -0.4 is 0 Å². The van der Waals surface area contributed by atoms with Crippen molar-refractivity contribution in [1.82, 2.24) is 15.0 Å². The van der Waals surface area contributed by atoms with Gasteiger partial charge in [0.25, 0.3) is 0 Å². The van der Waals surface area contributed by atoms with Crippen molar-refractivity contribution >= 4 is 11.8 Å². The first-order chi connectivity index (χ1) is 8.40. The summed E-state index contributed by atoms with van der Waals surface area (Å²) in [6, 6.07) is 0. The minimum absolute atomic E-state index is 1.02. The zero-order chi connectivity index (χ0) is 11.9. The van der Waals surface area contributed by atoms with Crippen LogP contribution in [0, 0.1) is 0 Å². The molecule has 1 aliphatic heterocycles. The van der Waals surface area contributed by atoms with Crippen LogP contribution in [0.4, 0.5) is 0 Å². The van der Waals surface area contributed by atoms with Gasteiger partial charge in [0.05, 0.1) is 11.9 Å². The minimum Gasteiger partial charge on any atom is -0.249 e. The Hall–Kier alpha value is -0.510. The SMILES string of the molecule is CCCc1cnnn1CCCCCCC1CS1. The fourth-order valence-corrected chi connectivity index (χ4v) is 2.77. The summed E-state index contributed by atoms with van der Waals surface area (Å²) in [6.45, 7) is 3.25. The molecule has 0 spiro atoms. The molecule has 0 aliphatic carbocycles. The van der Waals surface area contributed by atoms with Crippen molar-refractivity contribution in [2.24, 2.45) is 0 Å². The lowest BCUT2D eigenvalue weighted by atomic mass is 10.1. The third-order valence-corrected chi connectivity index (χ3v) is 4.29. The van der Waals surface area contributed by atoms with Crippen LogP contribution in [0.1, 0.15) is 51.1 Å². The molecule has 2 rings (SSSR count). The molecular formula is C13H23N3S. The normalized spacial score (nSPS) is 18.5. The van der Waals surface area contributed by atoms with Crippen LogP contribution >= 0.6 is 11.8 Å². The fourth-order valence-electron chi connectivity index (χ4n) is 2.14. The van der Waals surface area contributed by atoms with E-state index in [1.165, 1.54) is 50.0 Å². The largest absolute Gasteiger partial charge is 0.249 e. The van der Waals surface area contributed by atoms with Gasteiger partial charge in [-0.05, 0) is 19.3 Å². The second kappa shape index (κ2) is 7.04. The van der Waals surface area contributed by atoms with Gasteiger partial charge in [-0.2, -0.15) is 11.8 Å². The summed E-state index contributed by atoms with van der Waals surface area (Å²) in [4.78, 5) is 0. The lowest BCUT2D eigenvalue weighted by molar-refractivity contribution is 0.504. The van der Waals surface area contributed by atoms with Crippen LogP contribution in [0.15, 0.2) is 6.20 Å². The summed E-state index contributed by atoms with van der Waals surface area (Å²) in [5.41, 5.74) is 1.29. The highest BCUT2D eigenvalue weighted by Crippen LogP contribution is 2.34. The van der Waals surface area contributed by atoms with E-state index in [-0.39, 0.29) is 0 Å². The molecule has 1 atom stereocenters. The van der Waals surface area contributed by atoms with E-state index in [1.807, 2.05) is 6.20 Å². The van der Waals surface area contributed by atoms with E-state index >= 15 is 0 Å². The van der Waals surface area contributed by atoms with Crippen molar-refractivity contribution in [3.05, 3.63) is 11.9 Å². The Morgan fingerprint density at radius 2 is 2.18 bits per heavy atom. The van der Waals surface area contributed by atoms with Crippen LogP contribution in [0.2, 0.25) is 0 Å². The molecule has 17 heavy (non-hydrogen) atoms. The van der Waals surface area contributed by atoms with Crippen LogP contribution in [0.25, 0.3) is 0 Å². The van der Waals surface area contributed by atoms with Crippen molar-refractivity contribution in [3.8, 4) is 0 Å². The molecule has 1 aromatic heterocycles. The van der Waals surface area contributed by atoms with Crippen LogP contribution in [-0.2, 0) is 13.0 Å². The molecule has 0 aromatic carbocycles. The molecule has 0 saturated carbocycles. The maximum absolute atomic E-state index is 4.15. The average molecular weight is 253 g/mol. The van der Waals surface area contributed by atoms with Crippen LogP contribution in [-0.4, -0.2) is 26.0 Å². The van der Waals surface area contributed by atoms with Gasteiger partial charge in [-0.25, -0.2) is 4.68 Å². The summed E-state index contributed by atoms with van der Waals surface area (Å²) in [5, 5.41) is 9.17. The molecule has 1 unspecified atom stereocenters. The summed E-state index contributed by atoms with van der Waals surface area (Å²) in [6.07, 6.45) is 11.0. The molecule has 1 fully saturated rings. The Kier molecular flexibility index (Phi) is 5.36. The van der Waals surface area contributed by atoms with Gasteiger partial charge in [-0.1, -0.05) is 37.8 Å². The Labute approximate surface area is 108 Å². The first-order valence-electron chi connectivity index (χ1n) is 6.89. The highest BCUT2D eigenvalue weighted by atomic mass is 32.2. The average Bonchev–Trinajstić information content (AvgIpc) is 3.05. The number of thioether (sulfide) groups is 1. The van der Waals surface area contributed by atoms with Crippen molar-refractivity contribution in [3.63, 3.8) is 0 Å². The first kappa shape index (κ1) is 12.9. The second-order valence-electron chi connectivity index (χ2n) is 4.86. The maximum atomic E-state index is 4.15. The fraction of sp³-hybridized carbons (Fsp3) is 0.846. The van der Waals surface area contributed by atoms with Gasteiger partial charge in [0.1, 0.15) is 0 Å². The van der Waals surface area contributed by atoms with Crippen molar-refractivity contribution in [1.29, 1.82) is 0 Å². The zero-order valence-electron chi connectivity index (χ0n) is 10.8. The number of aromatic nitrogens is 3. The summed E-state index contributed by atoms with van der Waals surface area (Å²) >= 11 is 2.12. The third-order valence-electron chi connectivity index (χ3n) is 3.25. The van der Waals surface area contributed by atoms with Crippen molar-refractivity contribution in [2.45, 2.75) is 63.7 Å². The highest BCUT2D eigenvalue weighted by Gasteiger charge is 2.20. The molecule has 4 heteroatoms. The smallest absolute Gasteiger partial charge is 0.0725 e. The Morgan fingerprint density at radius 3 is 2.94 bits per heavy atom. The van der Waals surface area contributed by atoms with Gasteiger partial charge in [0.2, 0.25) is 0 Å². The molecule has 96 valence electrons. The molecule has 0 bridgehead atoms. The third kappa shape index (κ3) is 4.70. The number of hydrogen-bond acceptors (Lipinski definition) is 3. The molecule has 1 aliphatic rings.